The standard InChI is InChI=1S/C16H19BrN2/c1-2-16(8-4-9-16)19-11-12-6-7-14(17)13-5-3-10-18-15(12)13/h3,5-7,10,19H,2,4,8-9,11H2,1H3. The Kier molecular flexibility index (Phi) is 3.59. The van der Waals surface area contributed by atoms with Crippen molar-refractivity contribution in [2.45, 2.75) is 44.7 Å². The highest BCUT2D eigenvalue weighted by molar-refractivity contribution is 9.10. The van der Waals surface area contributed by atoms with E-state index >= 15 is 0 Å². The first kappa shape index (κ1) is 13.1. The molecule has 0 amide bonds. The van der Waals surface area contributed by atoms with E-state index in [0.29, 0.717) is 5.54 Å². The zero-order valence-corrected chi connectivity index (χ0v) is 12.8. The molecule has 1 aromatic carbocycles. The van der Waals surface area contributed by atoms with Gasteiger partial charge in [-0.3, -0.25) is 4.98 Å². The Morgan fingerprint density at radius 2 is 2.16 bits per heavy atom. The monoisotopic (exact) mass is 318 g/mol. The van der Waals surface area contributed by atoms with Crippen LogP contribution in [0, 0.1) is 0 Å². The molecule has 0 saturated heterocycles. The Morgan fingerprint density at radius 3 is 2.84 bits per heavy atom. The Bertz CT molecular complexity index is 585. The molecule has 3 rings (SSSR count). The van der Waals surface area contributed by atoms with Gasteiger partial charge < -0.3 is 5.32 Å². The topological polar surface area (TPSA) is 24.9 Å². The summed E-state index contributed by atoms with van der Waals surface area (Å²) in [6.45, 7) is 3.19. The summed E-state index contributed by atoms with van der Waals surface area (Å²) in [5.41, 5.74) is 2.78. The highest BCUT2D eigenvalue weighted by atomic mass is 79.9. The molecule has 2 aromatic rings. The summed E-state index contributed by atoms with van der Waals surface area (Å²) < 4.78 is 1.12. The van der Waals surface area contributed by atoms with Gasteiger partial charge in [0.05, 0.1) is 5.52 Å². The number of aromatic nitrogens is 1. The van der Waals surface area contributed by atoms with Crippen LogP contribution < -0.4 is 5.32 Å². The zero-order valence-electron chi connectivity index (χ0n) is 11.2. The summed E-state index contributed by atoms with van der Waals surface area (Å²) in [6, 6.07) is 8.41. The quantitative estimate of drug-likeness (QED) is 0.902. The molecule has 1 N–H and O–H groups in total. The lowest BCUT2D eigenvalue weighted by Gasteiger charge is -2.42. The van der Waals surface area contributed by atoms with Crippen LogP contribution in [0.5, 0.6) is 0 Å². The van der Waals surface area contributed by atoms with Gasteiger partial charge in [-0.15, -0.1) is 0 Å². The van der Waals surface area contributed by atoms with Crippen LogP contribution in [0.25, 0.3) is 10.9 Å². The molecule has 0 unspecified atom stereocenters. The maximum atomic E-state index is 4.54. The van der Waals surface area contributed by atoms with Crippen molar-refractivity contribution in [2.75, 3.05) is 0 Å². The predicted octanol–water partition coefficient (Wildman–Crippen LogP) is 4.42. The van der Waals surface area contributed by atoms with Crippen LogP contribution >= 0.6 is 15.9 Å². The van der Waals surface area contributed by atoms with Crippen LogP contribution in [0.2, 0.25) is 0 Å². The highest BCUT2D eigenvalue weighted by Crippen LogP contribution is 2.35. The first-order valence-corrected chi connectivity index (χ1v) is 7.80. The lowest BCUT2D eigenvalue weighted by molar-refractivity contribution is 0.175. The molecule has 0 aliphatic heterocycles. The van der Waals surface area contributed by atoms with E-state index in [9.17, 15) is 0 Å². The number of fused-ring (bicyclic) bond motifs is 1. The van der Waals surface area contributed by atoms with Crippen LogP contribution in [0.3, 0.4) is 0 Å². The lowest BCUT2D eigenvalue weighted by atomic mass is 9.75. The van der Waals surface area contributed by atoms with E-state index in [2.05, 4.69) is 51.4 Å². The van der Waals surface area contributed by atoms with E-state index < -0.39 is 0 Å². The number of benzene rings is 1. The van der Waals surface area contributed by atoms with Gasteiger partial charge in [-0.2, -0.15) is 0 Å². The number of rotatable bonds is 4. The van der Waals surface area contributed by atoms with Crippen LogP contribution in [-0.2, 0) is 6.54 Å². The minimum absolute atomic E-state index is 0.383. The fourth-order valence-electron chi connectivity index (χ4n) is 2.88. The van der Waals surface area contributed by atoms with Crippen molar-refractivity contribution in [1.29, 1.82) is 0 Å². The van der Waals surface area contributed by atoms with Gasteiger partial charge in [-0.25, -0.2) is 0 Å². The lowest BCUT2D eigenvalue weighted by Crippen LogP contribution is -2.49. The number of halogens is 1. The maximum Gasteiger partial charge on any atom is 0.0758 e. The van der Waals surface area contributed by atoms with Crippen LogP contribution in [0.4, 0.5) is 0 Å². The molecule has 1 aliphatic carbocycles. The second-order valence-corrected chi connectivity index (χ2v) is 6.30. The molecule has 0 bridgehead atoms. The average Bonchev–Trinajstić information content (AvgIpc) is 2.41. The minimum Gasteiger partial charge on any atom is -0.307 e. The summed E-state index contributed by atoms with van der Waals surface area (Å²) in [6.07, 6.45) is 7.07. The van der Waals surface area contributed by atoms with Crippen LogP contribution in [-0.4, -0.2) is 10.5 Å². The molecule has 0 atom stereocenters. The molecule has 1 aliphatic rings. The van der Waals surface area contributed by atoms with Gasteiger partial charge in [0.1, 0.15) is 0 Å². The predicted molar refractivity (Wildman–Crippen MR) is 83.2 cm³/mol. The highest BCUT2D eigenvalue weighted by Gasteiger charge is 2.34. The van der Waals surface area contributed by atoms with Crippen LogP contribution in [0.15, 0.2) is 34.9 Å². The first-order valence-electron chi connectivity index (χ1n) is 7.01. The normalized spacial score (nSPS) is 17.4. The van der Waals surface area contributed by atoms with Crippen molar-refractivity contribution in [3.8, 4) is 0 Å². The summed E-state index contributed by atoms with van der Waals surface area (Å²) in [5, 5.41) is 4.95. The molecule has 1 heterocycles. The molecular formula is C16H19BrN2. The molecule has 1 fully saturated rings. The largest absolute Gasteiger partial charge is 0.307 e. The summed E-state index contributed by atoms with van der Waals surface area (Å²) in [4.78, 5) is 4.54. The Hall–Kier alpha value is -0.930. The molecule has 2 nitrogen and oxygen atoms in total. The summed E-state index contributed by atoms with van der Waals surface area (Å²) in [5.74, 6) is 0. The molecule has 19 heavy (non-hydrogen) atoms. The van der Waals surface area contributed by atoms with E-state index in [0.717, 1.165) is 16.5 Å². The van der Waals surface area contributed by atoms with Crippen molar-refractivity contribution in [1.82, 2.24) is 10.3 Å². The Morgan fingerprint density at radius 1 is 1.32 bits per heavy atom. The van der Waals surface area contributed by atoms with Crippen molar-refractivity contribution < 1.29 is 0 Å². The number of nitrogens with zero attached hydrogens (tertiary/aromatic N) is 1. The van der Waals surface area contributed by atoms with Gasteiger partial charge in [0.15, 0.2) is 0 Å². The van der Waals surface area contributed by atoms with Gasteiger partial charge in [0.2, 0.25) is 0 Å². The van der Waals surface area contributed by atoms with Crippen molar-refractivity contribution in [2.24, 2.45) is 0 Å². The van der Waals surface area contributed by atoms with Gasteiger partial charge in [0, 0.05) is 28.1 Å². The van der Waals surface area contributed by atoms with Gasteiger partial charge in [0.25, 0.3) is 0 Å². The smallest absolute Gasteiger partial charge is 0.0758 e. The van der Waals surface area contributed by atoms with E-state index in [-0.39, 0.29) is 0 Å². The maximum absolute atomic E-state index is 4.54. The van der Waals surface area contributed by atoms with E-state index in [1.54, 1.807) is 0 Å². The molecule has 3 heteroatoms. The van der Waals surface area contributed by atoms with E-state index in [1.807, 2.05) is 12.3 Å². The van der Waals surface area contributed by atoms with E-state index in [4.69, 9.17) is 0 Å². The van der Waals surface area contributed by atoms with Gasteiger partial charge >= 0.3 is 0 Å². The van der Waals surface area contributed by atoms with Crippen LogP contribution in [0.1, 0.15) is 38.2 Å². The molecule has 0 spiro atoms. The molecular weight excluding hydrogens is 300 g/mol. The van der Waals surface area contributed by atoms with Gasteiger partial charge in [-0.1, -0.05) is 35.0 Å². The molecule has 0 radical (unpaired) electrons. The molecule has 1 saturated carbocycles. The van der Waals surface area contributed by atoms with Crippen molar-refractivity contribution in [3.05, 3.63) is 40.5 Å². The number of hydrogen-bond acceptors (Lipinski definition) is 2. The fraction of sp³-hybridized carbons (Fsp3) is 0.438. The number of pyridine rings is 1. The second kappa shape index (κ2) is 5.22. The average molecular weight is 319 g/mol. The van der Waals surface area contributed by atoms with Crippen molar-refractivity contribution >= 4 is 26.8 Å². The number of nitrogens with one attached hydrogen (secondary N) is 1. The SMILES string of the molecule is CCC1(NCc2ccc(Br)c3cccnc23)CCC1. The summed E-state index contributed by atoms with van der Waals surface area (Å²) >= 11 is 3.60. The third-order valence-corrected chi connectivity index (χ3v) is 5.13. The Labute approximate surface area is 122 Å². The third-order valence-electron chi connectivity index (χ3n) is 4.44. The minimum atomic E-state index is 0.383. The molecule has 100 valence electrons. The second-order valence-electron chi connectivity index (χ2n) is 5.45. The van der Waals surface area contributed by atoms with Gasteiger partial charge in [-0.05, 0) is 43.4 Å². The zero-order chi connectivity index (χ0) is 13.3. The Balaban J connectivity index is 1.87. The van der Waals surface area contributed by atoms with Crippen molar-refractivity contribution in [3.63, 3.8) is 0 Å². The first-order chi connectivity index (χ1) is 9.24. The van der Waals surface area contributed by atoms with E-state index in [1.165, 1.54) is 36.6 Å². The fourth-order valence-corrected chi connectivity index (χ4v) is 3.33. The molecule has 1 aromatic heterocycles. The number of hydrogen-bond donors (Lipinski definition) is 1. The third kappa shape index (κ3) is 2.41. The summed E-state index contributed by atoms with van der Waals surface area (Å²) in [7, 11) is 0.